The molecule has 3 amide bonds. The van der Waals surface area contributed by atoms with Crippen molar-refractivity contribution in [2.75, 3.05) is 39.3 Å². The van der Waals surface area contributed by atoms with Crippen LogP contribution in [0.1, 0.15) is 6.92 Å². The predicted octanol–water partition coefficient (Wildman–Crippen LogP) is 0.0723. The van der Waals surface area contributed by atoms with Gasteiger partial charge in [0.15, 0.2) is 0 Å². The van der Waals surface area contributed by atoms with Gasteiger partial charge in [0.2, 0.25) is 15.9 Å². The van der Waals surface area contributed by atoms with E-state index in [1.807, 2.05) is 4.90 Å². The quantitative estimate of drug-likeness (QED) is 0.794. The third-order valence-corrected chi connectivity index (χ3v) is 6.69. The lowest BCUT2D eigenvalue weighted by molar-refractivity contribution is -0.133. The standard InChI is InChI=1S/C16H21FN4O4S/c1-12(15(22)21-7-6-18-16(21)23)19-8-10-20(11-9-19)26(24,25)14-5-3-2-4-13(14)17/h2-5,12H,6-11H2,1H3,(H,18,23)/t12-/m0/s1. The molecule has 0 saturated carbocycles. The van der Waals surface area contributed by atoms with E-state index in [-0.39, 0.29) is 23.9 Å². The SMILES string of the molecule is C[C@@H](C(=O)N1CCNC1=O)N1CCN(S(=O)(=O)c2ccccc2F)CC1. The Morgan fingerprint density at radius 3 is 2.38 bits per heavy atom. The first-order chi connectivity index (χ1) is 12.3. The third-order valence-electron chi connectivity index (χ3n) is 4.76. The summed E-state index contributed by atoms with van der Waals surface area (Å²) in [5.74, 6) is -1.08. The van der Waals surface area contributed by atoms with Gasteiger partial charge in [0.25, 0.3) is 0 Å². The Kier molecular flexibility index (Phi) is 5.26. The fraction of sp³-hybridized carbons (Fsp3) is 0.500. The lowest BCUT2D eigenvalue weighted by atomic mass is 10.2. The second-order valence-corrected chi connectivity index (χ2v) is 8.17. The normalized spacial score (nSPS) is 20.8. The molecule has 2 aliphatic rings. The summed E-state index contributed by atoms with van der Waals surface area (Å²) >= 11 is 0. The molecule has 1 aromatic rings. The van der Waals surface area contributed by atoms with E-state index in [0.29, 0.717) is 26.2 Å². The highest BCUT2D eigenvalue weighted by Gasteiger charge is 2.36. The van der Waals surface area contributed by atoms with E-state index >= 15 is 0 Å². The topological polar surface area (TPSA) is 90.0 Å². The summed E-state index contributed by atoms with van der Waals surface area (Å²) in [5.41, 5.74) is 0. The van der Waals surface area contributed by atoms with Gasteiger partial charge in [-0.2, -0.15) is 4.31 Å². The van der Waals surface area contributed by atoms with Gasteiger partial charge < -0.3 is 5.32 Å². The first-order valence-corrected chi connectivity index (χ1v) is 9.84. The second-order valence-electron chi connectivity index (χ2n) is 6.27. The number of carbonyl (C=O) groups is 2. The van der Waals surface area contributed by atoms with Gasteiger partial charge in [-0.3, -0.25) is 14.6 Å². The number of imide groups is 1. The summed E-state index contributed by atoms with van der Waals surface area (Å²) in [6, 6.07) is 4.35. The van der Waals surface area contributed by atoms with Crippen LogP contribution in [0.3, 0.4) is 0 Å². The number of urea groups is 1. The molecular formula is C16H21FN4O4S. The summed E-state index contributed by atoms with van der Waals surface area (Å²) in [4.78, 5) is 26.7. The maximum Gasteiger partial charge on any atom is 0.324 e. The smallest absolute Gasteiger partial charge is 0.324 e. The molecular weight excluding hydrogens is 363 g/mol. The van der Waals surface area contributed by atoms with E-state index in [0.717, 1.165) is 6.07 Å². The van der Waals surface area contributed by atoms with E-state index in [9.17, 15) is 22.4 Å². The zero-order valence-electron chi connectivity index (χ0n) is 14.4. The molecule has 2 saturated heterocycles. The van der Waals surface area contributed by atoms with Crippen molar-refractivity contribution in [2.24, 2.45) is 0 Å². The average Bonchev–Trinajstić information content (AvgIpc) is 3.06. The highest BCUT2D eigenvalue weighted by Crippen LogP contribution is 2.21. The van der Waals surface area contributed by atoms with E-state index in [1.165, 1.54) is 27.4 Å². The van der Waals surface area contributed by atoms with Crippen molar-refractivity contribution in [3.8, 4) is 0 Å². The van der Waals surface area contributed by atoms with Crippen LogP contribution in [0, 0.1) is 5.82 Å². The monoisotopic (exact) mass is 384 g/mol. The number of hydrogen-bond donors (Lipinski definition) is 1. The molecule has 26 heavy (non-hydrogen) atoms. The molecule has 8 nitrogen and oxygen atoms in total. The van der Waals surface area contributed by atoms with Crippen LogP contribution in [0.15, 0.2) is 29.2 Å². The Labute approximate surface area is 151 Å². The van der Waals surface area contributed by atoms with Crippen molar-refractivity contribution in [1.29, 1.82) is 0 Å². The molecule has 3 rings (SSSR count). The van der Waals surface area contributed by atoms with Crippen molar-refractivity contribution in [3.63, 3.8) is 0 Å². The van der Waals surface area contributed by atoms with Crippen molar-refractivity contribution >= 4 is 22.0 Å². The largest absolute Gasteiger partial charge is 0.336 e. The molecule has 1 aromatic carbocycles. The van der Waals surface area contributed by atoms with E-state index in [2.05, 4.69) is 5.32 Å². The lowest BCUT2D eigenvalue weighted by Gasteiger charge is -2.37. The van der Waals surface area contributed by atoms with Gasteiger partial charge in [-0.05, 0) is 19.1 Å². The first kappa shape index (κ1) is 18.7. The number of nitrogens with one attached hydrogen (secondary N) is 1. The van der Waals surface area contributed by atoms with E-state index in [1.54, 1.807) is 6.92 Å². The van der Waals surface area contributed by atoms with Crippen LogP contribution in [0.5, 0.6) is 0 Å². The van der Waals surface area contributed by atoms with Crippen molar-refractivity contribution in [2.45, 2.75) is 17.9 Å². The Balaban J connectivity index is 1.65. The maximum atomic E-state index is 13.9. The molecule has 10 heteroatoms. The molecule has 0 aromatic heterocycles. The molecule has 0 unspecified atom stereocenters. The fourth-order valence-corrected chi connectivity index (χ4v) is 4.68. The minimum Gasteiger partial charge on any atom is -0.336 e. The molecule has 2 aliphatic heterocycles. The lowest BCUT2D eigenvalue weighted by Crippen LogP contribution is -2.55. The van der Waals surface area contributed by atoms with Crippen LogP contribution in [0.4, 0.5) is 9.18 Å². The van der Waals surface area contributed by atoms with Gasteiger partial charge in [-0.15, -0.1) is 0 Å². The number of carbonyl (C=O) groups excluding carboxylic acids is 2. The second kappa shape index (κ2) is 7.29. The summed E-state index contributed by atoms with van der Waals surface area (Å²) in [6.45, 7) is 3.44. The van der Waals surface area contributed by atoms with Gasteiger partial charge in [0.05, 0.1) is 6.04 Å². The van der Waals surface area contributed by atoms with E-state index in [4.69, 9.17) is 0 Å². The molecule has 0 radical (unpaired) electrons. The number of piperazine rings is 1. The summed E-state index contributed by atoms with van der Waals surface area (Å²) in [7, 11) is -3.91. The van der Waals surface area contributed by atoms with Crippen molar-refractivity contribution in [3.05, 3.63) is 30.1 Å². The zero-order valence-corrected chi connectivity index (χ0v) is 15.2. The summed E-state index contributed by atoms with van der Waals surface area (Å²) < 4.78 is 40.3. The Hall–Kier alpha value is -2.04. The average molecular weight is 384 g/mol. The Morgan fingerprint density at radius 1 is 1.15 bits per heavy atom. The highest BCUT2D eigenvalue weighted by molar-refractivity contribution is 7.89. The van der Waals surface area contributed by atoms with Gasteiger partial charge in [-0.25, -0.2) is 17.6 Å². The zero-order chi connectivity index (χ0) is 18.9. The predicted molar refractivity (Wildman–Crippen MR) is 91.3 cm³/mol. The number of halogens is 1. The number of amides is 3. The number of benzene rings is 1. The minimum absolute atomic E-state index is 0.153. The summed E-state index contributed by atoms with van der Waals surface area (Å²) in [5, 5.41) is 2.58. The van der Waals surface area contributed by atoms with Crippen LogP contribution >= 0.6 is 0 Å². The third kappa shape index (κ3) is 3.44. The van der Waals surface area contributed by atoms with Crippen molar-refractivity contribution < 1.29 is 22.4 Å². The molecule has 0 aliphatic carbocycles. The fourth-order valence-electron chi connectivity index (χ4n) is 3.19. The molecule has 0 spiro atoms. The minimum atomic E-state index is -3.91. The maximum absolute atomic E-state index is 13.9. The number of sulfonamides is 1. The number of rotatable bonds is 4. The van der Waals surface area contributed by atoms with Crippen LogP contribution in [0.25, 0.3) is 0 Å². The molecule has 0 bridgehead atoms. The van der Waals surface area contributed by atoms with Gasteiger partial charge in [0, 0.05) is 39.3 Å². The van der Waals surface area contributed by atoms with Gasteiger partial charge in [-0.1, -0.05) is 12.1 Å². The van der Waals surface area contributed by atoms with Gasteiger partial charge in [0.1, 0.15) is 10.7 Å². The van der Waals surface area contributed by atoms with E-state index < -0.39 is 27.9 Å². The van der Waals surface area contributed by atoms with Crippen LogP contribution in [0.2, 0.25) is 0 Å². The Morgan fingerprint density at radius 2 is 1.81 bits per heavy atom. The number of nitrogens with zero attached hydrogens (tertiary/aromatic N) is 3. The molecule has 1 atom stereocenters. The molecule has 2 heterocycles. The molecule has 2 fully saturated rings. The van der Waals surface area contributed by atoms with Crippen LogP contribution < -0.4 is 5.32 Å². The molecule has 142 valence electrons. The summed E-state index contributed by atoms with van der Waals surface area (Å²) in [6.07, 6.45) is 0. The first-order valence-electron chi connectivity index (χ1n) is 8.40. The van der Waals surface area contributed by atoms with Crippen LogP contribution in [-0.4, -0.2) is 79.8 Å². The van der Waals surface area contributed by atoms with Crippen LogP contribution in [-0.2, 0) is 14.8 Å². The molecule has 1 N–H and O–H groups in total. The highest BCUT2D eigenvalue weighted by atomic mass is 32.2. The van der Waals surface area contributed by atoms with Crippen molar-refractivity contribution in [1.82, 2.24) is 19.4 Å². The Bertz CT molecular complexity index is 808. The number of hydrogen-bond acceptors (Lipinski definition) is 5. The van der Waals surface area contributed by atoms with Gasteiger partial charge >= 0.3 is 6.03 Å².